The number of thiophene rings is 1. The lowest BCUT2D eigenvalue weighted by Gasteiger charge is -2.28. The van der Waals surface area contributed by atoms with Crippen LogP contribution in [-0.2, 0) is 16.1 Å². The molecule has 3 heterocycles. The van der Waals surface area contributed by atoms with Crippen LogP contribution in [0.25, 0.3) is 10.7 Å². The number of nitrogens with zero attached hydrogens (tertiary/aromatic N) is 4. The number of rotatable bonds is 4. The standard InChI is InChI=1S/C16H16N4O4S/c21-14-15(22)20(10-5-2-1-3-6-10)16(23)19(14)9-12-17-13(18-24-12)11-7-4-8-25-11/h4,7-8,10H,1-3,5-6,9H2. The topological polar surface area (TPSA) is 96.6 Å². The highest BCUT2D eigenvalue weighted by atomic mass is 32.1. The number of carbonyl (C=O) groups is 3. The first-order chi connectivity index (χ1) is 12.1. The molecule has 8 nitrogen and oxygen atoms in total. The van der Waals surface area contributed by atoms with Gasteiger partial charge < -0.3 is 4.52 Å². The van der Waals surface area contributed by atoms with E-state index in [1.807, 2.05) is 17.5 Å². The number of hydrogen-bond acceptors (Lipinski definition) is 7. The first kappa shape index (κ1) is 15.9. The average molecular weight is 360 g/mol. The molecular weight excluding hydrogens is 344 g/mol. The van der Waals surface area contributed by atoms with E-state index in [1.54, 1.807) is 0 Å². The summed E-state index contributed by atoms with van der Waals surface area (Å²) in [6.45, 7) is -0.189. The maximum atomic E-state index is 12.6. The van der Waals surface area contributed by atoms with Gasteiger partial charge in [0.05, 0.1) is 4.88 Å². The third-order valence-corrected chi connectivity index (χ3v) is 5.39. The second kappa shape index (κ2) is 6.40. The van der Waals surface area contributed by atoms with Crippen LogP contribution >= 0.6 is 11.3 Å². The molecule has 1 saturated heterocycles. The molecule has 2 fully saturated rings. The van der Waals surface area contributed by atoms with Crippen LogP contribution in [0.1, 0.15) is 38.0 Å². The zero-order valence-corrected chi connectivity index (χ0v) is 14.2. The van der Waals surface area contributed by atoms with Crippen molar-refractivity contribution in [2.45, 2.75) is 44.7 Å². The minimum Gasteiger partial charge on any atom is -0.337 e. The Bertz CT molecular complexity index is 810. The molecule has 2 aromatic rings. The highest BCUT2D eigenvalue weighted by Crippen LogP contribution is 2.28. The lowest BCUT2D eigenvalue weighted by atomic mass is 9.94. The fourth-order valence-corrected chi connectivity index (χ4v) is 3.93. The van der Waals surface area contributed by atoms with E-state index in [4.69, 9.17) is 4.52 Å². The molecular formula is C16H16N4O4S. The van der Waals surface area contributed by atoms with E-state index in [0.717, 1.165) is 46.8 Å². The zero-order valence-electron chi connectivity index (χ0n) is 13.4. The predicted octanol–water partition coefficient (Wildman–Crippen LogP) is 2.42. The third-order valence-electron chi connectivity index (χ3n) is 4.53. The van der Waals surface area contributed by atoms with Gasteiger partial charge in [0.1, 0.15) is 6.54 Å². The van der Waals surface area contributed by atoms with Gasteiger partial charge in [0.2, 0.25) is 11.7 Å². The van der Waals surface area contributed by atoms with Gasteiger partial charge in [0.15, 0.2) is 0 Å². The van der Waals surface area contributed by atoms with Crippen LogP contribution in [0.4, 0.5) is 4.79 Å². The van der Waals surface area contributed by atoms with E-state index in [0.29, 0.717) is 5.82 Å². The van der Waals surface area contributed by atoms with Crippen LogP contribution in [0.15, 0.2) is 22.0 Å². The molecule has 4 rings (SSSR count). The largest absolute Gasteiger partial charge is 0.337 e. The molecule has 1 aliphatic heterocycles. The highest BCUT2D eigenvalue weighted by Gasteiger charge is 2.48. The van der Waals surface area contributed by atoms with Crippen LogP contribution in [0.5, 0.6) is 0 Å². The van der Waals surface area contributed by atoms with E-state index in [2.05, 4.69) is 10.1 Å². The van der Waals surface area contributed by atoms with E-state index >= 15 is 0 Å². The molecule has 0 spiro atoms. The van der Waals surface area contributed by atoms with Crippen LogP contribution in [0.2, 0.25) is 0 Å². The van der Waals surface area contributed by atoms with Gasteiger partial charge in [-0.15, -0.1) is 11.3 Å². The van der Waals surface area contributed by atoms with Gasteiger partial charge in [-0.25, -0.2) is 9.69 Å². The van der Waals surface area contributed by atoms with E-state index in [9.17, 15) is 14.4 Å². The molecule has 1 aliphatic carbocycles. The summed E-state index contributed by atoms with van der Waals surface area (Å²) in [7, 11) is 0. The Labute approximate surface area is 147 Å². The molecule has 0 aromatic carbocycles. The summed E-state index contributed by atoms with van der Waals surface area (Å²) in [4.78, 5) is 44.1. The average Bonchev–Trinajstić information content (AvgIpc) is 3.34. The molecule has 0 atom stereocenters. The fourth-order valence-electron chi connectivity index (χ4n) is 3.28. The Hall–Kier alpha value is -2.55. The molecule has 0 radical (unpaired) electrons. The van der Waals surface area contributed by atoms with Gasteiger partial charge in [-0.3, -0.25) is 14.5 Å². The normalized spacial score (nSPS) is 19.3. The maximum Gasteiger partial charge on any atom is 0.334 e. The monoisotopic (exact) mass is 360 g/mol. The zero-order chi connectivity index (χ0) is 17.4. The van der Waals surface area contributed by atoms with E-state index in [-0.39, 0.29) is 18.5 Å². The van der Waals surface area contributed by atoms with Crippen LogP contribution in [-0.4, -0.2) is 43.8 Å². The van der Waals surface area contributed by atoms with Gasteiger partial charge in [0, 0.05) is 6.04 Å². The van der Waals surface area contributed by atoms with Crippen LogP contribution in [0.3, 0.4) is 0 Å². The van der Waals surface area contributed by atoms with Crippen LogP contribution in [0, 0.1) is 0 Å². The molecule has 130 valence electrons. The van der Waals surface area contributed by atoms with Gasteiger partial charge in [-0.1, -0.05) is 30.5 Å². The van der Waals surface area contributed by atoms with Crippen molar-refractivity contribution in [3.8, 4) is 10.7 Å². The molecule has 2 aliphatic rings. The summed E-state index contributed by atoms with van der Waals surface area (Å²) < 4.78 is 5.13. The minimum absolute atomic E-state index is 0.128. The first-order valence-electron chi connectivity index (χ1n) is 8.20. The minimum atomic E-state index is -0.827. The van der Waals surface area contributed by atoms with Gasteiger partial charge in [-0.2, -0.15) is 4.98 Å². The summed E-state index contributed by atoms with van der Waals surface area (Å²) in [5, 5.41) is 5.74. The van der Waals surface area contributed by atoms with Crippen molar-refractivity contribution >= 4 is 29.2 Å². The summed E-state index contributed by atoms with van der Waals surface area (Å²) >= 11 is 1.46. The summed E-state index contributed by atoms with van der Waals surface area (Å²) in [5.74, 6) is -1.05. The van der Waals surface area contributed by atoms with E-state index in [1.165, 1.54) is 11.3 Å². The summed E-state index contributed by atoms with van der Waals surface area (Å²) in [6, 6.07) is 2.94. The molecule has 0 unspecified atom stereocenters. The second-order valence-electron chi connectivity index (χ2n) is 6.13. The van der Waals surface area contributed by atoms with Crippen molar-refractivity contribution in [2.24, 2.45) is 0 Å². The first-order valence-corrected chi connectivity index (χ1v) is 9.08. The summed E-state index contributed by atoms with van der Waals surface area (Å²) in [6.07, 6.45) is 4.52. The number of carbonyl (C=O) groups excluding carboxylic acids is 3. The van der Waals surface area contributed by atoms with Gasteiger partial charge in [0.25, 0.3) is 0 Å². The Balaban J connectivity index is 1.51. The van der Waals surface area contributed by atoms with Crippen molar-refractivity contribution in [3.63, 3.8) is 0 Å². The predicted molar refractivity (Wildman–Crippen MR) is 87.3 cm³/mol. The summed E-state index contributed by atoms with van der Waals surface area (Å²) in [5.41, 5.74) is 0. The SMILES string of the molecule is O=C1C(=O)N(C2CCCCC2)C(=O)N1Cc1nc(-c2cccs2)no1. The van der Waals surface area contributed by atoms with Crippen molar-refractivity contribution in [3.05, 3.63) is 23.4 Å². The Morgan fingerprint density at radius 1 is 1.16 bits per heavy atom. The van der Waals surface area contributed by atoms with Gasteiger partial charge >= 0.3 is 17.8 Å². The number of hydrogen-bond donors (Lipinski definition) is 0. The lowest BCUT2D eigenvalue weighted by molar-refractivity contribution is -0.144. The quantitative estimate of drug-likeness (QED) is 0.614. The second-order valence-corrected chi connectivity index (χ2v) is 7.08. The van der Waals surface area contributed by atoms with Crippen molar-refractivity contribution in [2.75, 3.05) is 0 Å². The van der Waals surface area contributed by atoms with Crippen LogP contribution < -0.4 is 0 Å². The highest BCUT2D eigenvalue weighted by molar-refractivity contribution is 7.13. The number of imide groups is 2. The molecule has 9 heteroatoms. The number of urea groups is 1. The van der Waals surface area contributed by atoms with E-state index < -0.39 is 17.8 Å². The van der Waals surface area contributed by atoms with Gasteiger partial charge in [-0.05, 0) is 24.3 Å². The van der Waals surface area contributed by atoms with Crippen molar-refractivity contribution < 1.29 is 18.9 Å². The van der Waals surface area contributed by atoms with Crippen molar-refractivity contribution in [1.82, 2.24) is 19.9 Å². The molecule has 0 bridgehead atoms. The Kier molecular flexibility index (Phi) is 4.08. The molecule has 25 heavy (non-hydrogen) atoms. The number of amides is 4. The van der Waals surface area contributed by atoms with Crippen molar-refractivity contribution in [1.29, 1.82) is 0 Å². The number of aromatic nitrogens is 2. The third kappa shape index (κ3) is 2.84. The lowest BCUT2D eigenvalue weighted by Crippen LogP contribution is -2.42. The Morgan fingerprint density at radius 2 is 1.96 bits per heavy atom. The smallest absolute Gasteiger partial charge is 0.334 e. The molecule has 2 aromatic heterocycles. The molecule has 4 amide bonds. The molecule has 1 saturated carbocycles. The molecule has 0 N–H and O–H groups in total. The fraction of sp³-hybridized carbons (Fsp3) is 0.438. The maximum absolute atomic E-state index is 12.6. The Morgan fingerprint density at radius 3 is 2.68 bits per heavy atom.